The number of aryl methyl sites for hydroxylation is 1. The van der Waals surface area contributed by atoms with E-state index in [1.165, 1.54) is 0 Å². The van der Waals surface area contributed by atoms with E-state index < -0.39 is 0 Å². The molecule has 1 heterocycles. The molecule has 3 aromatic rings. The predicted molar refractivity (Wildman–Crippen MR) is 93.9 cm³/mol. The van der Waals surface area contributed by atoms with Gasteiger partial charge in [0.2, 0.25) is 0 Å². The lowest BCUT2D eigenvalue weighted by molar-refractivity contribution is 0.414. The molecule has 0 fully saturated rings. The van der Waals surface area contributed by atoms with E-state index in [1.54, 1.807) is 14.2 Å². The van der Waals surface area contributed by atoms with Gasteiger partial charge in [-0.1, -0.05) is 6.07 Å². The highest BCUT2D eigenvalue weighted by Crippen LogP contribution is 2.24. The summed E-state index contributed by atoms with van der Waals surface area (Å²) in [6.07, 6.45) is 1.82. The quantitative estimate of drug-likeness (QED) is 0.739. The van der Waals surface area contributed by atoms with Crippen LogP contribution in [0.3, 0.4) is 0 Å². The first-order valence-corrected chi connectivity index (χ1v) is 7.45. The lowest BCUT2D eigenvalue weighted by Gasteiger charge is -2.04. The molecule has 0 radical (unpaired) electrons. The second kappa shape index (κ2) is 6.47. The Bertz CT molecular complexity index is 964. The van der Waals surface area contributed by atoms with Crippen LogP contribution in [-0.2, 0) is 0 Å². The number of methoxy groups -OCH3 is 2. The van der Waals surface area contributed by atoms with Crippen molar-refractivity contribution in [3.8, 4) is 17.6 Å². The molecular formula is C19H17N3O2. The van der Waals surface area contributed by atoms with E-state index in [1.807, 2.05) is 49.4 Å². The van der Waals surface area contributed by atoms with Crippen LogP contribution in [0.5, 0.6) is 11.5 Å². The molecule has 5 nitrogen and oxygen atoms in total. The van der Waals surface area contributed by atoms with Crippen molar-refractivity contribution < 1.29 is 9.47 Å². The molecule has 0 aliphatic rings. The number of nitriles is 1. The maximum absolute atomic E-state index is 9.53. The van der Waals surface area contributed by atoms with Crippen LogP contribution in [0.1, 0.15) is 17.0 Å². The monoisotopic (exact) mass is 319 g/mol. The fourth-order valence-electron chi connectivity index (χ4n) is 2.49. The number of ether oxygens (including phenoxy) is 2. The molecule has 0 atom stereocenters. The Morgan fingerprint density at radius 2 is 1.83 bits per heavy atom. The van der Waals surface area contributed by atoms with Crippen molar-refractivity contribution in [2.45, 2.75) is 6.92 Å². The highest BCUT2D eigenvalue weighted by molar-refractivity contribution is 5.91. The van der Waals surface area contributed by atoms with Gasteiger partial charge in [0.1, 0.15) is 23.4 Å². The average molecular weight is 319 g/mol. The minimum absolute atomic E-state index is 0.471. The molecule has 5 heteroatoms. The Hall–Kier alpha value is -3.26. The second-order valence-corrected chi connectivity index (χ2v) is 5.36. The van der Waals surface area contributed by atoms with Crippen molar-refractivity contribution >= 4 is 22.7 Å². The lowest BCUT2D eigenvalue weighted by Crippen LogP contribution is -1.89. The summed E-state index contributed by atoms with van der Waals surface area (Å²) in [5.41, 5.74) is 4.07. The van der Waals surface area contributed by atoms with E-state index in [4.69, 9.17) is 9.47 Å². The molecule has 0 saturated carbocycles. The molecule has 0 bridgehead atoms. The number of benzene rings is 2. The highest BCUT2D eigenvalue weighted by atomic mass is 16.5. The maximum Gasteiger partial charge on any atom is 0.149 e. The SMILES string of the molecule is COc1ccc(/C=C(/C#N)c2nc3ccc(OC)cc3[nH]2)c(C)c1. The van der Waals surface area contributed by atoms with Crippen molar-refractivity contribution in [2.75, 3.05) is 14.2 Å². The number of H-pyrrole nitrogens is 1. The van der Waals surface area contributed by atoms with Crippen LogP contribution in [0.25, 0.3) is 22.7 Å². The Balaban J connectivity index is 2.04. The average Bonchev–Trinajstić information content (AvgIpc) is 3.03. The first-order valence-electron chi connectivity index (χ1n) is 7.45. The lowest BCUT2D eigenvalue weighted by atomic mass is 10.1. The van der Waals surface area contributed by atoms with Crippen LogP contribution in [0.4, 0.5) is 0 Å². The molecule has 0 aliphatic carbocycles. The van der Waals surface area contributed by atoms with E-state index in [2.05, 4.69) is 16.0 Å². The van der Waals surface area contributed by atoms with Crippen molar-refractivity contribution in [2.24, 2.45) is 0 Å². The third-order valence-corrected chi connectivity index (χ3v) is 3.84. The molecule has 24 heavy (non-hydrogen) atoms. The smallest absolute Gasteiger partial charge is 0.149 e. The summed E-state index contributed by atoms with van der Waals surface area (Å²) in [5.74, 6) is 2.07. The Kier molecular flexibility index (Phi) is 4.21. The summed E-state index contributed by atoms with van der Waals surface area (Å²) >= 11 is 0. The Morgan fingerprint density at radius 3 is 2.50 bits per heavy atom. The van der Waals surface area contributed by atoms with Crippen molar-refractivity contribution in [3.63, 3.8) is 0 Å². The van der Waals surface area contributed by atoms with Crippen LogP contribution in [0.15, 0.2) is 36.4 Å². The molecular weight excluding hydrogens is 302 g/mol. The first-order chi connectivity index (χ1) is 11.6. The number of imidazole rings is 1. The first kappa shape index (κ1) is 15.6. The molecule has 0 spiro atoms. The third-order valence-electron chi connectivity index (χ3n) is 3.84. The number of aromatic nitrogens is 2. The molecule has 120 valence electrons. The van der Waals surface area contributed by atoms with Gasteiger partial charge in [-0.2, -0.15) is 5.26 Å². The summed E-state index contributed by atoms with van der Waals surface area (Å²) < 4.78 is 10.4. The van der Waals surface area contributed by atoms with E-state index in [-0.39, 0.29) is 0 Å². The fraction of sp³-hybridized carbons (Fsp3) is 0.158. The number of fused-ring (bicyclic) bond motifs is 1. The summed E-state index contributed by atoms with van der Waals surface area (Å²) in [7, 11) is 3.25. The number of hydrogen-bond donors (Lipinski definition) is 1. The van der Waals surface area contributed by atoms with Crippen LogP contribution < -0.4 is 9.47 Å². The topological polar surface area (TPSA) is 70.9 Å². The zero-order valence-electron chi connectivity index (χ0n) is 13.8. The number of allylic oxidation sites excluding steroid dienone is 1. The number of nitrogens with one attached hydrogen (secondary N) is 1. The van der Waals surface area contributed by atoms with Crippen LogP contribution in [0, 0.1) is 18.3 Å². The zero-order valence-corrected chi connectivity index (χ0v) is 13.8. The largest absolute Gasteiger partial charge is 0.497 e. The number of rotatable bonds is 4. The molecule has 1 N–H and O–H groups in total. The minimum atomic E-state index is 0.471. The van der Waals surface area contributed by atoms with Gasteiger partial charge in [0, 0.05) is 6.07 Å². The molecule has 3 rings (SSSR count). The van der Waals surface area contributed by atoms with Gasteiger partial charge in [-0.25, -0.2) is 4.98 Å². The summed E-state index contributed by atoms with van der Waals surface area (Å²) in [5, 5.41) is 9.53. The van der Waals surface area contributed by atoms with Gasteiger partial charge in [-0.3, -0.25) is 0 Å². The standard InChI is InChI=1S/C19H17N3O2/c1-12-8-15(23-2)5-4-13(12)9-14(11-20)19-21-17-7-6-16(24-3)10-18(17)22-19/h4-10H,1-3H3,(H,21,22)/b14-9-. The second-order valence-electron chi connectivity index (χ2n) is 5.36. The number of aromatic amines is 1. The normalized spacial score (nSPS) is 11.3. The molecule has 2 aromatic carbocycles. The van der Waals surface area contributed by atoms with Gasteiger partial charge in [-0.15, -0.1) is 0 Å². The van der Waals surface area contributed by atoms with Gasteiger partial charge in [0.15, 0.2) is 0 Å². The number of hydrogen-bond acceptors (Lipinski definition) is 4. The highest BCUT2D eigenvalue weighted by Gasteiger charge is 2.09. The Morgan fingerprint density at radius 1 is 1.12 bits per heavy atom. The van der Waals surface area contributed by atoms with Gasteiger partial charge in [0.25, 0.3) is 0 Å². The minimum Gasteiger partial charge on any atom is -0.497 e. The van der Waals surface area contributed by atoms with Crippen molar-refractivity contribution in [1.29, 1.82) is 5.26 Å². The molecule has 1 aromatic heterocycles. The van der Waals surface area contributed by atoms with E-state index in [0.29, 0.717) is 11.4 Å². The van der Waals surface area contributed by atoms with Gasteiger partial charge in [0.05, 0.1) is 30.8 Å². The number of nitrogens with zero attached hydrogens (tertiary/aromatic N) is 2. The fourth-order valence-corrected chi connectivity index (χ4v) is 2.49. The van der Waals surface area contributed by atoms with E-state index in [9.17, 15) is 5.26 Å². The maximum atomic E-state index is 9.53. The molecule has 0 saturated heterocycles. The van der Waals surface area contributed by atoms with E-state index >= 15 is 0 Å². The predicted octanol–water partition coefficient (Wildman–Crippen LogP) is 3.95. The van der Waals surface area contributed by atoms with Crippen molar-refractivity contribution in [1.82, 2.24) is 9.97 Å². The van der Waals surface area contributed by atoms with Crippen LogP contribution in [-0.4, -0.2) is 24.2 Å². The third kappa shape index (κ3) is 2.95. The molecule has 0 aliphatic heterocycles. The Labute approximate surface area is 140 Å². The molecule has 0 amide bonds. The van der Waals surface area contributed by atoms with Gasteiger partial charge < -0.3 is 14.5 Å². The van der Waals surface area contributed by atoms with Crippen LogP contribution in [0.2, 0.25) is 0 Å². The zero-order chi connectivity index (χ0) is 17.1. The van der Waals surface area contributed by atoms with Gasteiger partial charge >= 0.3 is 0 Å². The van der Waals surface area contributed by atoms with Crippen LogP contribution >= 0.6 is 0 Å². The summed E-state index contributed by atoms with van der Waals surface area (Å²) in [6.45, 7) is 1.98. The van der Waals surface area contributed by atoms with E-state index in [0.717, 1.165) is 33.7 Å². The van der Waals surface area contributed by atoms with Gasteiger partial charge in [-0.05, 0) is 48.4 Å². The van der Waals surface area contributed by atoms with Crippen molar-refractivity contribution in [3.05, 3.63) is 53.3 Å². The molecule has 0 unspecified atom stereocenters. The summed E-state index contributed by atoms with van der Waals surface area (Å²) in [6, 6.07) is 13.5. The summed E-state index contributed by atoms with van der Waals surface area (Å²) in [4.78, 5) is 7.67.